The van der Waals surface area contributed by atoms with E-state index in [1.807, 2.05) is 0 Å². The Morgan fingerprint density at radius 3 is 2.26 bits per heavy atom. The molecule has 1 aliphatic rings. The molecule has 0 spiro atoms. The second kappa shape index (κ2) is 6.79. The third-order valence-electron chi connectivity index (χ3n) is 3.03. The average molecular weight is 315 g/mol. The van der Waals surface area contributed by atoms with E-state index in [1.165, 1.54) is 17.0 Å². The molecule has 0 unspecified atom stereocenters. The summed E-state index contributed by atoms with van der Waals surface area (Å²) in [6.45, 7) is 1.87. The van der Waals surface area contributed by atoms with Crippen LogP contribution in [-0.2, 0) is 0 Å². The van der Waals surface area contributed by atoms with Gasteiger partial charge in [-0.1, -0.05) is 29.8 Å². The van der Waals surface area contributed by atoms with Crippen molar-refractivity contribution in [2.24, 2.45) is 0 Å². The minimum Gasteiger partial charge on any atom is -0.314 e. The van der Waals surface area contributed by atoms with Crippen molar-refractivity contribution in [1.29, 1.82) is 0 Å². The summed E-state index contributed by atoms with van der Waals surface area (Å²) in [4.78, 5) is 1.43. The molecular formula is C12H15Cl2F3N2. The maximum absolute atomic E-state index is 13.2. The predicted molar refractivity (Wildman–Crippen MR) is 71.9 cm³/mol. The van der Waals surface area contributed by atoms with Gasteiger partial charge in [0.25, 0.3) is 0 Å². The molecule has 0 saturated carbocycles. The SMILES string of the molecule is Cl.FC(F)(F)[C@H](c1ccccc1Cl)N1CCNCC1. The molecule has 1 atom stereocenters. The fourth-order valence-electron chi connectivity index (χ4n) is 2.22. The van der Waals surface area contributed by atoms with Crippen LogP contribution in [-0.4, -0.2) is 37.3 Å². The molecule has 19 heavy (non-hydrogen) atoms. The van der Waals surface area contributed by atoms with Crippen LogP contribution in [0.4, 0.5) is 13.2 Å². The van der Waals surface area contributed by atoms with E-state index in [0.29, 0.717) is 26.2 Å². The minimum atomic E-state index is -4.32. The molecule has 0 bridgehead atoms. The van der Waals surface area contributed by atoms with Crippen LogP contribution in [0.1, 0.15) is 11.6 Å². The van der Waals surface area contributed by atoms with Crippen molar-refractivity contribution in [1.82, 2.24) is 10.2 Å². The molecule has 1 aromatic carbocycles. The van der Waals surface area contributed by atoms with Gasteiger partial charge in [0, 0.05) is 31.2 Å². The van der Waals surface area contributed by atoms with Gasteiger partial charge in [-0.2, -0.15) is 13.2 Å². The molecule has 2 rings (SSSR count). The van der Waals surface area contributed by atoms with Crippen molar-refractivity contribution in [2.75, 3.05) is 26.2 Å². The first-order chi connectivity index (χ1) is 8.50. The maximum Gasteiger partial charge on any atom is 0.408 e. The fraction of sp³-hybridized carbons (Fsp3) is 0.500. The van der Waals surface area contributed by atoms with Gasteiger partial charge in [-0.3, -0.25) is 4.90 Å². The lowest BCUT2D eigenvalue weighted by molar-refractivity contribution is -0.187. The Morgan fingerprint density at radius 1 is 1.16 bits per heavy atom. The molecule has 0 amide bonds. The quantitative estimate of drug-likeness (QED) is 0.901. The van der Waals surface area contributed by atoms with Gasteiger partial charge in [0.15, 0.2) is 0 Å². The van der Waals surface area contributed by atoms with Crippen LogP contribution in [0.25, 0.3) is 0 Å². The van der Waals surface area contributed by atoms with Crippen LogP contribution in [0.2, 0.25) is 5.02 Å². The molecule has 1 saturated heterocycles. The van der Waals surface area contributed by atoms with Crippen LogP contribution < -0.4 is 5.32 Å². The summed E-state index contributed by atoms with van der Waals surface area (Å²) in [5.74, 6) is 0. The van der Waals surface area contributed by atoms with E-state index in [0.717, 1.165) is 0 Å². The van der Waals surface area contributed by atoms with Crippen LogP contribution in [0.15, 0.2) is 24.3 Å². The molecule has 2 nitrogen and oxygen atoms in total. The van der Waals surface area contributed by atoms with Gasteiger partial charge in [0.05, 0.1) is 0 Å². The zero-order valence-electron chi connectivity index (χ0n) is 10.1. The van der Waals surface area contributed by atoms with E-state index < -0.39 is 12.2 Å². The molecule has 1 aromatic rings. The number of benzene rings is 1. The number of alkyl halides is 3. The Balaban J connectivity index is 0.00000180. The van der Waals surface area contributed by atoms with Gasteiger partial charge in [-0.15, -0.1) is 12.4 Å². The standard InChI is InChI=1S/C12H14ClF3N2.ClH/c13-10-4-2-1-3-9(10)11(12(14,15)16)18-7-5-17-6-8-18;/h1-4,11,17H,5-8H2;1H/t11-;/m0./s1. The van der Waals surface area contributed by atoms with E-state index in [4.69, 9.17) is 11.6 Å². The Kier molecular flexibility index (Phi) is 5.92. The first-order valence-corrected chi connectivity index (χ1v) is 6.14. The molecule has 7 heteroatoms. The molecule has 0 aromatic heterocycles. The zero-order chi connectivity index (χ0) is 13.2. The molecular weight excluding hydrogens is 300 g/mol. The van der Waals surface area contributed by atoms with Gasteiger partial charge >= 0.3 is 6.18 Å². The Morgan fingerprint density at radius 2 is 1.74 bits per heavy atom. The van der Waals surface area contributed by atoms with E-state index in [2.05, 4.69) is 5.32 Å². The van der Waals surface area contributed by atoms with Crippen LogP contribution in [0.3, 0.4) is 0 Å². The lowest BCUT2D eigenvalue weighted by Gasteiger charge is -2.36. The van der Waals surface area contributed by atoms with Gasteiger partial charge < -0.3 is 5.32 Å². The summed E-state index contributed by atoms with van der Waals surface area (Å²) < 4.78 is 39.7. The van der Waals surface area contributed by atoms with Crippen LogP contribution in [0, 0.1) is 0 Å². The number of hydrogen-bond acceptors (Lipinski definition) is 2. The number of nitrogens with zero attached hydrogens (tertiary/aromatic N) is 1. The highest BCUT2D eigenvalue weighted by Crippen LogP contribution is 2.40. The second-order valence-corrected chi connectivity index (χ2v) is 4.66. The van der Waals surface area contributed by atoms with Gasteiger partial charge in [0.1, 0.15) is 6.04 Å². The van der Waals surface area contributed by atoms with Crippen molar-refractivity contribution >= 4 is 24.0 Å². The second-order valence-electron chi connectivity index (χ2n) is 4.25. The van der Waals surface area contributed by atoms with E-state index >= 15 is 0 Å². The van der Waals surface area contributed by atoms with Crippen molar-refractivity contribution in [2.45, 2.75) is 12.2 Å². The number of hydrogen-bond donors (Lipinski definition) is 1. The first kappa shape index (κ1) is 16.6. The minimum absolute atomic E-state index is 0. The fourth-order valence-corrected chi connectivity index (χ4v) is 2.46. The first-order valence-electron chi connectivity index (χ1n) is 5.76. The van der Waals surface area contributed by atoms with Crippen molar-refractivity contribution in [3.05, 3.63) is 34.9 Å². The molecule has 1 fully saturated rings. The van der Waals surface area contributed by atoms with Crippen molar-refractivity contribution in [3.8, 4) is 0 Å². The van der Waals surface area contributed by atoms with Gasteiger partial charge in [0.2, 0.25) is 0 Å². The summed E-state index contributed by atoms with van der Waals surface area (Å²) >= 11 is 5.90. The highest BCUT2D eigenvalue weighted by atomic mass is 35.5. The van der Waals surface area contributed by atoms with Crippen molar-refractivity contribution < 1.29 is 13.2 Å². The smallest absolute Gasteiger partial charge is 0.314 e. The summed E-state index contributed by atoms with van der Waals surface area (Å²) in [5, 5.41) is 3.21. The summed E-state index contributed by atoms with van der Waals surface area (Å²) in [6.07, 6.45) is -4.32. The van der Waals surface area contributed by atoms with Crippen LogP contribution in [0.5, 0.6) is 0 Å². The topological polar surface area (TPSA) is 15.3 Å². The van der Waals surface area contributed by atoms with Gasteiger partial charge in [-0.25, -0.2) is 0 Å². The predicted octanol–water partition coefficient (Wildman–Crippen LogP) is 3.27. The third-order valence-corrected chi connectivity index (χ3v) is 3.37. The lowest BCUT2D eigenvalue weighted by Crippen LogP contribution is -2.49. The summed E-state index contributed by atoms with van der Waals surface area (Å²) in [6, 6.07) is 4.55. The zero-order valence-corrected chi connectivity index (χ0v) is 11.7. The number of rotatable bonds is 2. The normalized spacial score (nSPS) is 18.7. The Hall–Kier alpha value is -0.490. The highest BCUT2D eigenvalue weighted by Gasteiger charge is 2.45. The maximum atomic E-state index is 13.2. The molecule has 1 aliphatic heterocycles. The number of nitrogens with one attached hydrogen (secondary N) is 1. The molecule has 1 heterocycles. The van der Waals surface area contributed by atoms with E-state index in [1.54, 1.807) is 12.1 Å². The van der Waals surface area contributed by atoms with E-state index in [9.17, 15) is 13.2 Å². The monoisotopic (exact) mass is 314 g/mol. The molecule has 0 radical (unpaired) electrons. The van der Waals surface area contributed by atoms with Crippen molar-refractivity contribution in [3.63, 3.8) is 0 Å². The Bertz CT molecular complexity index is 406. The Labute approximate surface area is 121 Å². The average Bonchev–Trinajstić information content (AvgIpc) is 2.32. The number of halogens is 5. The summed E-state index contributed by atoms with van der Waals surface area (Å²) in [5.41, 5.74) is 0.133. The summed E-state index contributed by atoms with van der Waals surface area (Å²) in [7, 11) is 0. The highest BCUT2D eigenvalue weighted by molar-refractivity contribution is 6.31. The molecule has 1 N–H and O–H groups in total. The van der Waals surface area contributed by atoms with Gasteiger partial charge in [-0.05, 0) is 11.6 Å². The number of piperazine rings is 1. The van der Waals surface area contributed by atoms with E-state index in [-0.39, 0.29) is 23.0 Å². The molecule has 0 aliphatic carbocycles. The lowest BCUT2D eigenvalue weighted by atomic mass is 10.0. The van der Waals surface area contributed by atoms with Crippen LogP contribution >= 0.6 is 24.0 Å². The third kappa shape index (κ3) is 3.99. The largest absolute Gasteiger partial charge is 0.408 e. The molecule has 108 valence electrons.